The maximum Gasteiger partial charge on any atom is 0.434 e. The highest BCUT2D eigenvalue weighted by molar-refractivity contribution is 6.34. The van der Waals surface area contributed by atoms with E-state index >= 15 is 0 Å². The number of rotatable bonds is 3. The fourth-order valence-electron chi connectivity index (χ4n) is 3.69. The molecule has 0 spiro atoms. The molecule has 0 radical (unpaired) electrons. The first-order chi connectivity index (χ1) is 16.3. The van der Waals surface area contributed by atoms with Crippen LogP contribution in [-0.2, 0) is 11.0 Å². The van der Waals surface area contributed by atoms with Crippen LogP contribution in [0.15, 0.2) is 55.1 Å². The van der Waals surface area contributed by atoms with E-state index in [9.17, 15) is 22.8 Å². The molecule has 0 saturated carbocycles. The summed E-state index contributed by atoms with van der Waals surface area (Å²) in [5.74, 6) is 0.695. The largest absolute Gasteiger partial charge is 0.434 e. The van der Waals surface area contributed by atoms with Crippen molar-refractivity contribution >= 4 is 46.4 Å². The number of benzene rings is 1. The van der Waals surface area contributed by atoms with Crippen LogP contribution in [0, 0.1) is 0 Å². The van der Waals surface area contributed by atoms with Crippen molar-refractivity contribution in [3.05, 3.63) is 82.5 Å². The number of amides is 1. The highest BCUT2D eigenvalue weighted by atomic mass is 35.5. The van der Waals surface area contributed by atoms with Gasteiger partial charge in [0.2, 0.25) is 0 Å². The summed E-state index contributed by atoms with van der Waals surface area (Å²) in [5, 5.41) is 13.4. The molecule has 1 aliphatic rings. The first-order valence-corrected chi connectivity index (χ1v) is 10.1. The van der Waals surface area contributed by atoms with E-state index in [1.54, 1.807) is 24.3 Å². The normalized spacial score (nSPS) is 12.9. The van der Waals surface area contributed by atoms with Gasteiger partial charge in [0.1, 0.15) is 5.70 Å². The van der Waals surface area contributed by atoms with Crippen molar-refractivity contribution in [1.82, 2.24) is 24.7 Å². The Morgan fingerprint density at radius 1 is 1.18 bits per heavy atom. The number of nitrogens with one attached hydrogen (secondary N) is 2. The number of hydrogen-bond donors (Lipinski definition) is 2. The summed E-state index contributed by atoms with van der Waals surface area (Å²) < 4.78 is 44.5. The third-order valence-electron chi connectivity index (χ3n) is 5.17. The molecule has 8 nitrogen and oxygen atoms in total. The van der Waals surface area contributed by atoms with Gasteiger partial charge < -0.3 is 10.6 Å². The van der Waals surface area contributed by atoms with Crippen LogP contribution in [0.5, 0.6) is 0 Å². The Hall–Kier alpha value is -4.34. The summed E-state index contributed by atoms with van der Waals surface area (Å²) in [7, 11) is 0. The van der Waals surface area contributed by atoms with E-state index in [0.29, 0.717) is 26.3 Å². The number of carbonyl (C=O) groups excluding carboxylic acids is 2. The number of hydrogen-bond acceptors (Lipinski definition) is 5. The smallest absolute Gasteiger partial charge is 0.352 e. The zero-order valence-corrected chi connectivity index (χ0v) is 17.6. The number of halogens is 4. The molecule has 3 aromatic heterocycles. The Morgan fingerprint density at radius 2 is 2.00 bits per heavy atom. The minimum atomic E-state index is -4.92. The zero-order chi connectivity index (χ0) is 24.0. The number of nitrogens with zero attached hydrogens (tertiary/aromatic N) is 4. The standard InChI is InChI=1S/C22H12ClF3N6O2/c23-16-5-7-31-19(16)8-12(9-28-31)30-21(34)15-10-29-32(20(15)22(24,25)26)18-3-1-2-13-14(18)4-6-27-17(13)11-33/h1-10,27H,(H,30,34). The Bertz CT molecular complexity index is 1550. The Balaban J connectivity index is 1.59. The van der Waals surface area contributed by atoms with Crippen LogP contribution in [-0.4, -0.2) is 31.2 Å². The lowest BCUT2D eigenvalue weighted by molar-refractivity contribution is -0.143. The minimum Gasteiger partial charge on any atom is -0.352 e. The molecule has 0 fully saturated rings. The molecule has 1 aromatic carbocycles. The zero-order valence-electron chi connectivity index (χ0n) is 16.9. The third-order valence-corrected chi connectivity index (χ3v) is 5.49. The fraction of sp³-hybridized carbons (Fsp3) is 0.0455. The van der Waals surface area contributed by atoms with Crippen LogP contribution in [0.25, 0.3) is 23.0 Å². The molecule has 1 aliphatic heterocycles. The second-order valence-corrected chi connectivity index (χ2v) is 7.61. The molecule has 4 aromatic rings. The monoisotopic (exact) mass is 484 g/mol. The second-order valence-electron chi connectivity index (χ2n) is 7.20. The summed E-state index contributed by atoms with van der Waals surface area (Å²) in [5.41, 5.74) is -0.534. The molecule has 4 heterocycles. The quantitative estimate of drug-likeness (QED) is 0.425. The fourth-order valence-corrected chi connectivity index (χ4v) is 3.89. The van der Waals surface area contributed by atoms with Crippen molar-refractivity contribution in [3.8, 4) is 5.69 Å². The Morgan fingerprint density at radius 3 is 2.76 bits per heavy atom. The summed E-state index contributed by atoms with van der Waals surface area (Å²) in [6.07, 6.45) is 1.73. The third kappa shape index (κ3) is 3.53. The lowest BCUT2D eigenvalue weighted by Crippen LogP contribution is -2.21. The van der Waals surface area contributed by atoms with Gasteiger partial charge in [-0.15, -0.1) is 0 Å². The first-order valence-electron chi connectivity index (χ1n) is 9.69. The molecule has 0 bridgehead atoms. The molecule has 0 atom stereocenters. The van der Waals surface area contributed by atoms with Crippen LogP contribution >= 0.6 is 11.6 Å². The van der Waals surface area contributed by atoms with Crippen molar-refractivity contribution in [1.29, 1.82) is 0 Å². The van der Waals surface area contributed by atoms with Gasteiger partial charge in [-0.2, -0.15) is 23.4 Å². The summed E-state index contributed by atoms with van der Waals surface area (Å²) >= 11 is 6.06. The average molecular weight is 485 g/mol. The Kier molecular flexibility index (Phi) is 5.00. The van der Waals surface area contributed by atoms with Crippen molar-refractivity contribution in [3.63, 3.8) is 0 Å². The van der Waals surface area contributed by atoms with Crippen LogP contribution in [0.3, 0.4) is 0 Å². The first kappa shape index (κ1) is 21.5. The number of alkyl halides is 3. The molecular formula is C22H12ClF3N6O2. The number of anilines is 1. The van der Waals surface area contributed by atoms with Crippen LogP contribution in [0.4, 0.5) is 18.9 Å². The van der Waals surface area contributed by atoms with E-state index < -0.39 is 23.3 Å². The van der Waals surface area contributed by atoms with E-state index in [0.717, 1.165) is 6.20 Å². The van der Waals surface area contributed by atoms with E-state index in [1.165, 1.54) is 41.2 Å². The maximum atomic E-state index is 14.1. The molecule has 12 heteroatoms. The second kappa shape index (κ2) is 7.91. The van der Waals surface area contributed by atoms with Crippen molar-refractivity contribution in [2.75, 3.05) is 5.32 Å². The van der Waals surface area contributed by atoms with Gasteiger partial charge in [0.15, 0.2) is 11.6 Å². The van der Waals surface area contributed by atoms with Gasteiger partial charge in [0.05, 0.1) is 39.9 Å². The van der Waals surface area contributed by atoms with Crippen LogP contribution in [0.1, 0.15) is 27.2 Å². The van der Waals surface area contributed by atoms with E-state index in [1.807, 2.05) is 0 Å². The van der Waals surface area contributed by atoms with Crippen molar-refractivity contribution in [2.45, 2.75) is 6.18 Å². The van der Waals surface area contributed by atoms with E-state index in [4.69, 9.17) is 11.6 Å². The van der Waals surface area contributed by atoms with Gasteiger partial charge in [-0.1, -0.05) is 23.7 Å². The summed E-state index contributed by atoms with van der Waals surface area (Å²) in [6, 6.07) is 7.54. The van der Waals surface area contributed by atoms with Gasteiger partial charge in [-0.05, 0) is 24.3 Å². The van der Waals surface area contributed by atoms with Gasteiger partial charge in [-0.3, -0.25) is 4.79 Å². The molecule has 0 saturated heterocycles. The van der Waals surface area contributed by atoms with Gasteiger partial charge >= 0.3 is 6.18 Å². The maximum absolute atomic E-state index is 14.1. The van der Waals surface area contributed by atoms with E-state index in [2.05, 4.69) is 20.8 Å². The molecule has 2 N–H and O–H groups in total. The van der Waals surface area contributed by atoms with Gasteiger partial charge in [-0.25, -0.2) is 14.0 Å². The van der Waals surface area contributed by atoms with Crippen LogP contribution in [0.2, 0.25) is 5.02 Å². The lowest BCUT2D eigenvalue weighted by atomic mass is 10.0. The van der Waals surface area contributed by atoms with Gasteiger partial charge in [0.25, 0.3) is 5.91 Å². The minimum absolute atomic E-state index is 0.0393. The Labute approximate surface area is 193 Å². The van der Waals surface area contributed by atoms with Crippen LogP contribution < -0.4 is 10.6 Å². The molecule has 170 valence electrons. The molecule has 34 heavy (non-hydrogen) atoms. The summed E-state index contributed by atoms with van der Waals surface area (Å²) in [6.45, 7) is 0. The average Bonchev–Trinajstić information content (AvgIpc) is 3.42. The highest BCUT2D eigenvalue weighted by Gasteiger charge is 2.41. The number of fused-ring (bicyclic) bond motifs is 2. The molecule has 5 rings (SSSR count). The predicted molar refractivity (Wildman–Crippen MR) is 118 cm³/mol. The lowest BCUT2D eigenvalue weighted by Gasteiger charge is -2.19. The molecule has 0 aliphatic carbocycles. The highest BCUT2D eigenvalue weighted by Crippen LogP contribution is 2.36. The van der Waals surface area contributed by atoms with Crippen molar-refractivity contribution in [2.24, 2.45) is 0 Å². The van der Waals surface area contributed by atoms with Gasteiger partial charge in [0, 0.05) is 23.5 Å². The van der Waals surface area contributed by atoms with E-state index in [-0.39, 0.29) is 17.1 Å². The SMILES string of the molecule is O=C=C1NC=Cc2c1cccc2-n1ncc(C(=O)Nc2cnn3ccc(Cl)c3c2)c1C(F)(F)F. The topological polar surface area (TPSA) is 93.3 Å². The number of aromatic nitrogens is 4. The molecule has 0 unspecified atom stereocenters. The molecule has 1 amide bonds. The molecular weight excluding hydrogens is 473 g/mol. The predicted octanol–water partition coefficient (Wildman–Crippen LogP) is 4.19. The number of carbonyl (C=O) groups is 1. The summed E-state index contributed by atoms with van der Waals surface area (Å²) in [4.78, 5) is 24.1. The van der Waals surface area contributed by atoms with Crippen molar-refractivity contribution < 1.29 is 22.8 Å².